The Bertz CT molecular complexity index is 540. The van der Waals surface area contributed by atoms with Crippen LogP contribution >= 0.6 is 12.2 Å². The van der Waals surface area contributed by atoms with E-state index in [4.69, 9.17) is 32.2 Å². The normalized spacial score (nSPS) is 28.7. The Morgan fingerprint density at radius 1 is 1.43 bits per heavy atom. The Morgan fingerprint density at radius 3 is 3.00 bits per heavy atom. The Labute approximate surface area is 130 Å². The molecule has 21 heavy (non-hydrogen) atoms. The molecule has 2 atom stereocenters. The molecule has 0 bridgehead atoms. The van der Waals surface area contributed by atoms with Crippen LogP contribution < -0.4 is 10.5 Å². The molecule has 2 aliphatic heterocycles. The summed E-state index contributed by atoms with van der Waals surface area (Å²) in [6, 6.07) is 5.86. The van der Waals surface area contributed by atoms with Gasteiger partial charge in [-0.25, -0.2) is 0 Å². The predicted molar refractivity (Wildman–Crippen MR) is 84.8 cm³/mol. The molecule has 2 saturated heterocycles. The van der Waals surface area contributed by atoms with Gasteiger partial charge in [0.1, 0.15) is 16.8 Å². The molecular formula is C16H21NO3S. The minimum Gasteiger partial charge on any atom is -0.490 e. The topological polar surface area (TPSA) is 53.7 Å². The molecule has 0 amide bonds. The maximum Gasteiger partial charge on any atom is 0.123 e. The van der Waals surface area contributed by atoms with E-state index in [9.17, 15) is 0 Å². The van der Waals surface area contributed by atoms with Crippen LogP contribution in [-0.2, 0) is 9.47 Å². The highest BCUT2D eigenvalue weighted by molar-refractivity contribution is 7.80. The van der Waals surface area contributed by atoms with E-state index in [0.717, 1.165) is 49.4 Å². The lowest BCUT2D eigenvalue weighted by molar-refractivity contribution is -0.112. The zero-order valence-corrected chi connectivity index (χ0v) is 13.1. The van der Waals surface area contributed by atoms with Gasteiger partial charge in [-0.1, -0.05) is 24.4 Å². The molecule has 4 nitrogen and oxygen atoms in total. The van der Waals surface area contributed by atoms with Crippen LogP contribution in [0.3, 0.4) is 0 Å². The summed E-state index contributed by atoms with van der Waals surface area (Å²) in [6.45, 7) is 4.22. The quantitative estimate of drug-likeness (QED) is 0.869. The van der Waals surface area contributed by atoms with E-state index in [1.165, 1.54) is 0 Å². The molecule has 0 radical (unpaired) electrons. The van der Waals surface area contributed by atoms with Crippen molar-refractivity contribution in [2.24, 2.45) is 5.73 Å². The van der Waals surface area contributed by atoms with Crippen molar-refractivity contribution in [2.45, 2.75) is 37.9 Å². The van der Waals surface area contributed by atoms with E-state index in [-0.39, 0.29) is 11.7 Å². The first-order chi connectivity index (χ1) is 10.1. The van der Waals surface area contributed by atoms with Gasteiger partial charge < -0.3 is 19.9 Å². The van der Waals surface area contributed by atoms with Gasteiger partial charge in [-0.2, -0.15) is 0 Å². The number of benzene rings is 1. The van der Waals surface area contributed by atoms with Crippen LogP contribution in [-0.4, -0.2) is 36.5 Å². The van der Waals surface area contributed by atoms with Crippen LogP contribution in [0.1, 0.15) is 30.4 Å². The molecule has 2 N–H and O–H groups in total. The number of aryl methyl sites for hydroxylation is 1. The third-order valence-electron chi connectivity index (χ3n) is 4.28. The van der Waals surface area contributed by atoms with Crippen LogP contribution in [0.15, 0.2) is 18.2 Å². The third-order valence-corrected chi connectivity index (χ3v) is 4.52. The molecule has 0 saturated carbocycles. The van der Waals surface area contributed by atoms with Gasteiger partial charge in [0.25, 0.3) is 0 Å². The highest BCUT2D eigenvalue weighted by atomic mass is 32.1. The number of hydrogen-bond donors (Lipinski definition) is 1. The van der Waals surface area contributed by atoms with E-state index in [2.05, 4.69) is 0 Å². The number of rotatable bonds is 3. The Morgan fingerprint density at radius 2 is 2.29 bits per heavy atom. The first-order valence-electron chi connectivity index (χ1n) is 7.37. The van der Waals surface area contributed by atoms with E-state index in [1.54, 1.807) is 0 Å². The molecular weight excluding hydrogens is 286 g/mol. The number of nitrogens with two attached hydrogens (primary N) is 1. The van der Waals surface area contributed by atoms with Gasteiger partial charge in [0.15, 0.2) is 0 Å². The second kappa shape index (κ2) is 5.91. The molecule has 1 aromatic carbocycles. The first kappa shape index (κ1) is 14.8. The van der Waals surface area contributed by atoms with Gasteiger partial charge in [-0.05, 0) is 18.6 Å². The summed E-state index contributed by atoms with van der Waals surface area (Å²) in [5, 5.41) is 0. The molecule has 1 aromatic rings. The van der Waals surface area contributed by atoms with Crippen molar-refractivity contribution >= 4 is 17.2 Å². The molecule has 5 heteroatoms. The summed E-state index contributed by atoms with van der Waals surface area (Å²) in [5.74, 6) is 0.862. The molecule has 0 aliphatic carbocycles. The van der Waals surface area contributed by atoms with E-state index < -0.39 is 0 Å². The van der Waals surface area contributed by atoms with Crippen molar-refractivity contribution in [1.29, 1.82) is 0 Å². The smallest absolute Gasteiger partial charge is 0.123 e. The van der Waals surface area contributed by atoms with Gasteiger partial charge in [0, 0.05) is 31.4 Å². The van der Waals surface area contributed by atoms with Crippen molar-refractivity contribution in [2.75, 3.05) is 19.8 Å². The number of ether oxygens (including phenoxy) is 3. The summed E-state index contributed by atoms with van der Waals surface area (Å²) in [4.78, 5) is 0.396. The molecule has 2 fully saturated rings. The van der Waals surface area contributed by atoms with Crippen LogP contribution in [0.4, 0.5) is 0 Å². The standard InChI is InChI=1S/C16H21NO3S/c1-11-2-3-12(15(17)21)8-14(11)20-13-4-6-19-16(9-13)5-7-18-10-16/h2-3,8,13H,4-7,9-10H2,1H3,(H2,17,21). The molecule has 2 aliphatic rings. The minimum absolute atomic E-state index is 0.141. The average Bonchev–Trinajstić information content (AvgIpc) is 2.89. The Hall–Kier alpha value is -1.17. The zero-order valence-electron chi connectivity index (χ0n) is 12.3. The Kier molecular flexibility index (Phi) is 4.15. The van der Waals surface area contributed by atoms with Crippen LogP contribution in [0, 0.1) is 6.92 Å². The second-order valence-electron chi connectivity index (χ2n) is 5.91. The largest absolute Gasteiger partial charge is 0.490 e. The fourth-order valence-corrected chi connectivity index (χ4v) is 3.13. The fourth-order valence-electron chi connectivity index (χ4n) is 3.01. The van der Waals surface area contributed by atoms with Gasteiger partial charge in [0.05, 0.1) is 18.8 Å². The highest BCUT2D eigenvalue weighted by Crippen LogP contribution is 2.35. The predicted octanol–water partition coefficient (Wildman–Crippen LogP) is 2.35. The van der Waals surface area contributed by atoms with E-state index >= 15 is 0 Å². The maximum atomic E-state index is 6.21. The fraction of sp³-hybridized carbons (Fsp3) is 0.562. The van der Waals surface area contributed by atoms with Crippen molar-refractivity contribution in [3.63, 3.8) is 0 Å². The van der Waals surface area contributed by atoms with Gasteiger partial charge >= 0.3 is 0 Å². The molecule has 2 unspecified atom stereocenters. The SMILES string of the molecule is Cc1ccc(C(N)=S)cc1OC1CCOC2(CCOC2)C1. The van der Waals surface area contributed by atoms with Crippen molar-refractivity contribution in [1.82, 2.24) is 0 Å². The number of hydrogen-bond acceptors (Lipinski definition) is 4. The molecule has 2 heterocycles. The third kappa shape index (κ3) is 3.20. The van der Waals surface area contributed by atoms with Gasteiger partial charge in [-0.3, -0.25) is 0 Å². The Balaban J connectivity index is 1.74. The average molecular weight is 307 g/mol. The summed E-state index contributed by atoms with van der Waals surface area (Å²) in [7, 11) is 0. The molecule has 1 spiro atoms. The summed E-state index contributed by atoms with van der Waals surface area (Å²) < 4.78 is 17.7. The lowest BCUT2D eigenvalue weighted by atomic mass is 9.91. The monoisotopic (exact) mass is 307 g/mol. The summed E-state index contributed by atoms with van der Waals surface area (Å²) >= 11 is 5.04. The van der Waals surface area contributed by atoms with Crippen LogP contribution in [0.5, 0.6) is 5.75 Å². The van der Waals surface area contributed by atoms with Crippen molar-refractivity contribution in [3.05, 3.63) is 29.3 Å². The highest BCUT2D eigenvalue weighted by Gasteiger charge is 2.41. The lowest BCUT2D eigenvalue weighted by Crippen LogP contribution is -2.44. The summed E-state index contributed by atoms with van der Waals surface area (Å²) in [5.41, 5.74) is 7.50. The zero-order chi connectivity index (χ0) is 14.9. The van der Waals surface area contributed by atoms with Gasteiger partial charge in [0.2, 0.25) is 0 Å². The maximum absolute atomic E-state index is 6.21. The molecule has 0 aromatic heterocycles. The van der Waals surface area contributed by atoms with Crippen molar-refractivity contribution in [3.8, 4) is 5.75 Å². The second-order valence-corrected chi connectivity index (χ2v) is 6.35. The van der Waals surface area contributed by atoms with E-state index in [1.807, 2.05) is 25.1 Å². The minimum atomic E-state index is -0.141. The van der Waals surface area contributed by atoms with Crippen LogP contribution in [0.25, 0.3) is 0 Å². The summed E-state index contributed by atoms with van der Waals surface area (Å²) in [6.07, 6.45) is 2.89. The van der Waals surface area contributed by atoms with Crippen molar-refractivity contribution < 1.29 is 14.2 Å². The van der Waals surface area contributed by atoms with E-state index in [0.29, 0.717) is 11.6 Å². The molecule has 3 rings (SSSR count). The molecule has 114 valence electrons. The van der Waals surface area contributed by atoms with Gasteiger partial charge in [-0.15, -0.1) is 0 Å². The first-order valence-corrected chi connectivity index (χ1v) is 7.78. The number of thiocarbonyl (C=S) groups is 1. The van der Waals surface area contributed by atoms with Crippen LogP contribution in [0.2, 0.25) is 0 Å². The lowest BCUT2D eigenvalue weighted by Gasteiger charge is -2.37.